The van der Waals surface area contributed by atoms with E-state index in [2.05, 4.69) is 25.6 Å². The van der Waals surface area contributed by atoms with E-state index < -0.39 is 11.7 Å². The van der Waals surface area contributed by atoms with Crippen LogP contribution in [0.3, 0.4) is 0 Å². The van der Waals surface area contributed by atoms with Crippen molar-refractivity contribution in [3.8, 4) is 0 Å². The number of halogens is 1. The maximum Gasteiger partial charge on any atom is 0.277 e. The van der Waals surface area contributed by atoms with Crippen molar-refractivity contribution in [1.82, 2.24) is 15.0 Å². The second-order valence-electron chi connectivity index (χ2n) is 3.64. The Morgan fingerprint density at radius 3 is 2.79 bits per heavy atom. The first-order valence-corrected chi connectivity index (χ1v) is 5.68. The summed E-state index contributed by atoms with van der Waals surface area (Å²) < 4.78 is 12.7. The summed E-state index contributed by atoms with van der Waals surface area (Å²) in [5.41, 5.74) is 0.157. The summed E-state index contributed by atoms with van der Waals surface area (Å²) in [5, 5.41) is 5.46. The van der Waals surface area contributed by atoms with Crippen molar-refractivity contribution < 1.29 is 9.18 Å². The van der Waals surface area contributed by atoms with Gasteiger partial charge in [-0.15, -0.1) is 0 Å². The van der Waals surface area contributed by atoms with Crippen molar-refractivity contribution in [2.24, 2.45) is 0 Å². The number of carbonyl (C=O) groups excluding carboxylic acids is 1. The number of anilines is 2. The van der Waals surface area contributed by atoms with Crippen molar-refractivity contribution in [3.63, 3.8) is 0 Å². The van der Waals surface area contributed by atoms with Crippen LogP contribution in [-0.4, -0.2) is 27.4 Å². The van der Waals surface area contributed by atoms with Crippen LogP contribution in [0.1, 0.15) is 17.4 Å². The summed E-state index contributed by atoms with van der Waals surface area (Å²) >= 11 is 0. The van der Waals surface area contributed by atoms with Gasteiger partial charge in [-0.25, -0.2) is 14.4 Å². The molecule has 0 fully saturated rings. The van der Waals surface area contributed by atoms with E-state index in [1.807, 2.05) is 6.92 Å². The van der Waals surface area contributed by atoms with Crippen LogP contribution in [0.25, 0.3) is 0 Å². The molecular formula is C12H12FN5O. The lowest BCUT2D eigenvalue weighted by Crippen LogP contribution is -2.16. The van der Waals surface area contributed by atoms with Crippen molar-refractivity contribution in [2.75, 3.05) is 17.2 Å². The number of aromatic nitrogens is 3. The Labute approximate surface area is 109 Å². The topological polar surface area (TPSA) is 79.8 Å². The number of carbonyl (C=O) groups is 1. The lowest BCUT2D eigenvalue weighted by molar-refractivity contribution is 0.102. The summed E-state index contributed by atoms with van der Waals surface area (Å²) in [7, 11) is 0. The van der Waals surface area contributed by atoms with E-state index in [1.165, 1.54) is 24.5 Å². The molecule has 2 rings (SSSR count). The standard InChI is InChI=1S/C12H12FN5O/c1-2-15-11-7-14-6-9(17-11)12(19)18-10-4-3-8(13)5-16-10/h3-7H,2H2,1H3,(H,15,17)(H,16,18,19). The lowest BCUT2D eigenvalue weighted by atomic mass is 10.4. The molecule has 0 spiro atoms. The highest BCUT2D eigenvalue weighted by Gasteiger charge is 2.09. The molecule has 0 aliphatic heterocycles. The minimum absolute atomic E-state index is 0.157. The Kier molecular flexibility index (Phi) is 3.97. The summed E-state index contributed by atoms with van der Waals surface area (Å²) in [6.07, 6.45) is 3.90. The fourth-order valence-electron chi connectivity index (χ4n) is 1.37. The van der Waals surface area contributed by atoms with Gasteiger partial charge in [0.2, 0.25) is 0 Å². The molecule has 2 aromatic rings. The quantitative estimate of drug-likeness (QED) is 0.875. The predicted octanol–water partition coefficient (Wildman–Crippen LogP) is 1.69. The highest BCUT2D eigenvalue weighted by Crippen LogP contribution is 2.07. The van der Waals surface area contributed by atoms with Gasteiger partial charge in [0.15, 0.2) is 0 Å². The summed E-state index contributed by atoms with van der Waals surface area (Å²) in [5.74, 6) is -0.150. The molecule has 0 saturated heterocycles. The van der Waals surface area contributed by atoms with E-state index in [1.54, 1.807) is 0 Å². The van der Waals surface area contributed by atoms with E-state index in [0.29, 0.717) is 12.4 Å². The first-order valence-electron chi connectivity index (χ1n) is 5.68. The Morgan fingerprint density at radius 1 is 1.26 bits per heavy atom. The fraction of sp³-hybridized carbons (Fsp3) is 0.167. The molecular weight excluding hydrogens is 249 g/mol. The smallest absolute Gasteiger partial charge is 0.277 e. The molecule has 2 N–H and O–H groups in total. The van der Waals surface area contributed by atoms with Gasteiger partial charge in [0.1, 0.15) is 23.1 Å². The molecule has 0 unspecified atom stereocenters. The first-order chi connectivity index (χ1) is 9.19. The Bertz CT molecular complexity index is 573. The molecule has 0 saturated carbocycles. The van der Waals surface area contributed by atoms with Crippen LogP contribution in [0, 0.1) is 5.82 Å². The van der Waals surface area contributed by atoms with Gasteiger partial charge in [-0.3, -0.25) is 9.78 Å². The Hall–Kier alpha value is -2.57. The van der Waals surface area contributed by atoms with Crippen molar-refractivity contribution in [1.29, 1.82) is 0 Å². The largest absolute Gasteiger partial charge is 0.369 e. The van der Waals surface area contributed by atoms with E-state index in [-0.39, 0.29) is 11.5 Å². The lowest BCUT2D eigenvalue weighted by Gasteiger charge is -2.05. The molecule has 0 bridgehead atoms. The maximum absolute atomic E-state index is 12.7. The summed E-state index contributed by atoms with van der Waals surface area (Å²) in [4.78, 5) is 23.6. The number of pyridine rings is 1. The minimum atomic E-state index is -0.466. The number of rotatable bonds is 4. The van der Waals surface area contributed by atoms with Crippen LogP contribution in [-0.2, 0) is 0 Å². The molecule has 0 aromatic carbocycles. The fourth-order valence-corrected chi connectivity index (χ4v) is 1.37. The number of hydrogen-bond acceptors (Lipinski definition) is 5. The van der Waals surface area contributed by atoms with Gasteiger partial charge in [0.25, 0.3) is 5.91 Å². The van der Waals surface area contributed by atoms with Crippen molar-refractivity contribution in [3.05, 3.63) is 42.2 Å². The molecule has 6 nitrogen and oxygen atoms in total. The van der Waals surface area contributed by atoms with Crippen molar-refractivity contribution >= 4 is 17.5 Å². The van der Waals surface area contributed by atoms with Gasteiger partial charge < -0.3 is 10.6 Å². The van der Waals surface area contributed by atoms with E-state index >= 15 is 0 Å². The van der Waals surface area contributed by atoms with Crippen LogP contribution in [0.2, 0.25) is 0 Å². The molecule has 0 atom stereocenters. The van der Waals surface area contributed by atoms with Gasteiger partial charge in [0, 0.05) is 6.54 Å². The van der Waals surface area contributed by atoms with Gasteiger partial charge in [-0.05, 0) is 19.1 Å². The van der Waals surface area contributed by atoms with E-state index in [4.69, 9.17) is 0 Å². The van der Waals surface area contributed by atoms with Crippen LogP contribution in [0.4, 0.5) is 16.0 Å². The third kappa shape index (κ3) is 3.44. The highest BCUT2D eigenvalue weighted by molar-refractivity contribution is 6.02. The molecule has 2 heterocycles. The monoisotopic (exact) mass is 261 g/mol. The Morgan fingerprint density at radius 2 is 2.11 bits per heavy atom. The summed E-state index contributed by atoms with van der Waals surface area (Å²) in [6.45, 7) is 2.59. The van der Waals surface area contributed by atoms with Gasteiger partial charge in [-0.1, -0.05) is 0 Å². The number of nitrogens with one attached hydrogen (secondary N) is 2. The van der Waals surface area contributed by atoms with Gasteiger partial charge >= 0.3 is 0 Å². The summed E-state index contributed by atoms with van der Waals surface area (Å²) in [6, 6.07) is 2.58. The van der Waals surface area contributed by atoms with E-state index in [0.717, 1.165) is 6.20 Å². The number of hydrogen-bond donors (Lipinski definition) is 2. The number of amides is 1. The average Bonchev–Trinajstić information content (AvgIpc) is 2.42. The van der Waals surface area contributed by atoms with Crippen LogP contribution in [0.5, 0.6) is 0 Å². The second kappa shape index (κ2) is 5.85. The van der Waals surface area contributed by atoms with Crippen LogP contribution in [0.15, 0.2) is 30.7 Å². The zero-order valence-corrected chi connectivity index (χ0v) is 10.2. The third-order valence-corrected chi connectivity index (χ3v) is 2.19. The van der Waals surface area contributed by atoms with Crippen LogP contribution >= 0.6 is 0 Å². The van der Waals surface area contributed by atoms with Gasteiger partial charge in [0.05, 0.1) is 18.6 Å². The molecule has 0 radical (unpaired) electrons. The predicted molar refractivity (Wildman–Crippen MR) is 68.3 cm³/mol. The maximum atomic E-state index is 12.7. The molecule has 2 aromatic heterocycles. The zero-order chi connectivity index (χ0) is 13.7. The molecule has 0 aliphatic rings. The number of nitrogens with zero attached hydrogens (tertiary/aromatic N) is 3. The zero-order valence-electron chi connectivity index (χ0n) is 10.2. The average molecular weight is 261 g/mol. The van der Waals surface area contributed by atoms with E-state index in [9.17, 15) is 9.18 Å². The normalized spacial score (nSPS) is 10.0. The molecule has 7 heteroatoms. The first kappa shape index (κ1) is 12.9. The molecule has 19 heavy (non-hydrogen) atoms. The molecule has 1 amide bonds. The Balaban J connectivity index is 2.11. The SMILES string of the molecule is CCNc1cncc(C(=O)Nc2ccc(F)cn2)n1. The van der Waals surface area contributed by atoms with Gasteiger partial charge in [-0.2, -0.15) is 0 Å². The third-order valence-electron chi connectivity index (χ3n) is 2.19. The van der Waals surface area contributed by atoms with Crippen molar-refractivity contribution in [2.45, 2.75) is 6.92 Å². The molecule has 98 valence electrons. The molecule has 0 aliphatic carbocycles. The highest BCUT2D eigenvalue weighted by atomic mass is 19.1. The second-order valence-corrected chi connectivity index (χ2v) is 3.64. The van der Waals surface area contributed by atoms with Crippen LogP contribution < -0.4 is 10.6 Å². The minimum Gasteiger partial charge on any atom is -0.369 e.